The second-order valence-electron chi connectivity index (χ2n) is 5.28. The summed E-state index contributed by atoms with van der Waals surface area (Å²) in [5.74, 6) is -2.53. The van der Waals surface area contributed by atoms with E-state index in [4.69, 9.17) is 9.68 Å². The van der Waals surface area contributed by atoms with Crippen molar-refractivity contribution in [1.29, 1.82) is 0 Å². The number of benzene rings is 2. The minimum absolute atomic E-state index is 0.216. The lowest BCUT2D eigenvalue weighted by Gasteiger charge is -2.16. The topological polar surface area (TPSA) is 93.2 Å². The molecule has 4 amide bonds. The minimum atomic E-state index is -0.656. The first-order chi connectivity index (χ1) is 12.1. The highest BCUT2D eigenvalue weighted by atomic mass is 16.8. The van der Waals surface area contributed by atoms with Crippen LogP contribution in [0.1, 0.15) is 41.4 Å². The maximum absolute atomic E-state index is 12.1. The largest absolute Gasteiger partial charge is 0.285 e. The van der Waals surface area contributed by atoms with Gasteiger partial charge in [0.15, 0.2) is 0 Å². The molecule has 0 saturated carbocycles. The highest BCUT2D eigenvalue weighted by molar-refractivity contribution is 6.21. The maximum atomic E-state index is 12.1. The van der Waals surface area contributed by atoms with Crippen LogP contribution in [0.4, 0.5) is 0 Å². The Labute approximate surface area is 141 Å². The first-order valence-corrected chi connectivity index (χ1v) is 7.31. The molecule has 0 N–H and O–H groups in total. The summed E-state index contributed by atoms with van der Waals surface area (Å²) in [6.07, 6.45) is 0. The van der Waals surface area contributed by atoms with Crippen molar-refractivity contribution in [2.45, 2.75) is 0 Å². The lowest BCUT2D eigenvalue weighted by Crippen LogP contribution is -2.35. The number of rotatable bonds is 4. The number of amides is 4. The van der Waals surface area contributed by atoms with Crippen LogP contribution in [0.15, 0.2) is 48.5 Å². The summed E-state index contributed by atoms with van der Waals surface area (Å²) in [5, 5.41) is 1.09. The third-order valence-corrected chi connectivity index (χ3v) is 3.88. The van der Waals surface area contributed by atoms with Crippen LogP contribution in [0.3, 0.4) is 0 Å². The number of nitrogens with zero attached hydrogens (tertiary/aromatic N) is 2. The van der Waals surface area contributed by atoms with Crippen LogP contribution in [0, 0.1) is 0 Å². The van der Waals surface area contributed by atoms with Gasteiger partial charge >= 0.3 is 0 Å². The monoisotopic (exact) mass is 338 g/mol. The fraction of sp³-hybridized carbons (Fsp3) is 0.0588. The summed E-state index contributed by atoms with van der Waals surface area (Å²) >= 11 is 0. The standard InChI is InChI=1S/C17H10N2O6/c20-14-10-5-1-2-6-11(10)15(21)18(14)24-9-25-19-16(22)12-7-3-4-8-13(12)17(19)23/h1-8H,9H2. The van der Waals surface area contributed by atoms with Gasteiger partial charge in [-0.3, -0.25) is 19.2 Å². The Hall–Kier alpha value is -3.36. The van der Waals surface area contributed by atoms with Gasteiger partial charge < -0.3 is 0 Å². The van der Waals surface area contributed by atoms with Gasteiger partial charge in [0.05, 0.1) is 22.3 Å². The van der Waals surface area contributed by atoms with Crippen molar-refractivity contribution in [2.24, 2.45) is 0 Å². The Balaban J connectivity index is 1.43. The molecule has 0 unspecified atom stereocenters. The predicted molar refractivity (Wildman–Crippen MR) is 80.9 cm³/mol. The first kappa shape index (κ1) is 15.2. The van der Waals surface area contributed by atoms with E-state index in [9.17, 15) is 19.2 Å². The zero-order chi connectivity index (χ0) is 17.6. The van der Waals surface area contributed by atoms with E-state index < -0.39 is 30.4 Å². The number of carbonyl (C=O) groups excluding carboxylic acids is 4. The van der Waals surface area contributed by atoms with Gasteiger partial charge in [-0.15, -0.1) is 10.1 Å². The fourth-order valence-corrected chi connectivity index (χ4v) is 2.70. The number of carbonyl (C=O) groups is 4. The number of imide groups is 2. The van der Waals surface area contributed by atoms with Crippen LogP contribution >= 0.6 is 0 Å². The molecule has 25 heavy (non-hydrogen) atoms. The molecule has 0 spiro atoms. The molecular formula is C17H10N2O6. The molecule has 8 heteroatoms. The van der Waals surface area contributed by atoms with Gasteiger partial charge in [0, 0.05) is 0 Å². The summed E-state index contributed by atoms with van der Waals surface area (Å²) in [6.45, 7) is -0.656. The third kappa shape index (κ3) is 2.24. The molecule has 8 nitrogen and oxygen atoms in total. The lowest BCUT2D eigenvalue weighted by atomic mass is 10.1. The summed E-state index contributed by atoms with van der Waals surface area (Å²) in [4.78, 5) is 58.5. The van der Waals surface area contributed by atoms with Crippen molar-refractivity contribution >= 4 is 23.6 Å². The molecule has 0 fully saturated rings. The highest BCUT2D eigenvalue weighted by Crippen LogP contribution is 2.24. The van der Waals surface area contributed by atoms with Crippen LogP contribution in [0.2, 0.25) is 0 Å². The van der Waals surface area contributed by atoms with E-state index in [1.165, 1.54) is 24.3 Å². The molecule has 0 bridgehead atoms. The first-order valence-electron chi connectivity index (χ1n) is 7.31. The van der Waals surface area contributed by atoms with Gasteiger partial charge in [0.1, 0.15) is 0 Å². The van der Waals surface area contributed by atoms with Gasteiger partial charge in [-0.25, -0.2) is 9.68 Å². The van der Waals surface area contributed by atoms with E-state index in [0.717, 1.165) is 0 Å². The SMILES string of the molecule is O=C1c2ccccc2C(=O)N1OCON1C(=O)c2ccccc2C1=O. The van der Waals surface area contributed by atoms with Gasteiger partial charge in [0.25, 0.3) is 23.6 Å². The van der Waals surface area contributed by atoms with Crippen molar-refractivity contribution in [2.75, 3.05) is 6.79 Å². The Morgan fingerprint density at radius 1 is 0.560 bits per heavy atom. The molecule has 0 atom stereocenters. The molecule has 2 heterocycles. The Morgan fingerprint density at radius 2 is 0.840 bits per heavy atom. The quantitative estimate of drug-likeness (QED) is 0.618. The van der Waals surface area contributed by atoms with E-state index in [-0.39, 0.29) is 22.3 Å². The van der Waals surface area contributed by atoms with Crippen LogP contribution in [-0.2, 0) is 9.68 Å². The van der Waals surface area contributed by atoms with Crippen LogP contribution in [0.25, 0.3) is 0 Å². The normalized spacial score (nSPS) is 15.8. The molecule has 0 aliphatic carbocycles. The second-order valence-corrected chi connectivity index (χ2v) is 5.28. The molecule has 0 radical (unpaired) electrons. The number of fused-ring (bicyclic) bond motifs is 2. The van der Waals surface area contributed by atoms with Crippen molar-refractivity contribution in [1.82, 2.24) is 10.1 Å². The van der Waals surface area contributed by atoms with Gasteiger partial charge in [0.2, 0.25) is 6.79 Å². The van der Waals surface area contributed by atoms with E-state index in [1.807, 2.05) is 0 Å². The molecule has 2 aromatic rings. The van der Waals surface area contributed by atoms with E-state index in [1.54, 1.807) is 24.3 Å². The van der Waals surface area contributed by atoms with Gasteiger partial charge in [-0.1, -0.05) is 24.3 Å². The minimum Gasteiger partial charge on any atom is -0.266 e. The Bertz CT molecular complexity index is 793. The average molecular weight is 338 g/mol. The summed E-state index contributed by atoms with van der Waals surface area (Å²) in [6, 6.07) is 12.5. The number of hydrogen-bond donors (Lipinski definition) is 0. The van der Waals surface area contributed by atoms with Gasteiger partial charge in [-0.05, 0) is 24.3 Å². The molecular weight excluding hydrogens is 328 g/mol. The van der Waals surface area contributed by atoms with Crippen molar-refractivity contribution in [3.63, 3.8) is 0 Å². The highest BCUT2D eigenvalue weighted by Gasteiger charge is 2.39. The fourth-order valence-electron chi connectivity index (χ4n) is 2.70. The van der Waals surface area contributed by atoms with Crippen LogP contribution in [0.5, 0.6) is 0 Å². The molecule has 2 aromatic carbocycles. The van der Waals surface area contributed by atoms with Crippen LogP contribution < -0.4 is 0 Å². The van der Waals surface area contributed by atoms with Crippen molar-refractivity contribution < 1.29 is 28.9 Å². The van der Waals surface area contributed by atoms with Crippen molar-refractivity contribution in [3.05, 3.63) is 70.8 Å². The molecule has 0 aromatic heterocycles. The summed E-state index contributed by atoms with van der Waals surface area (Å²) in [5.41, 5.74) is 0.864. The predicted octanol–water partition coefficient (Wildman–Crippen LogP) is 1.40. The Morgan fingerprint density at radius 3 is 1.12 bits per heavy atom. The summed E-state index contributed by atoms with van der Waals surface area (Å²) in [7, 11) is 0. The molecule has 2 aliphatic heterocycles. The average Bonchev–Trinajstić information content (AvgIpc) is 3.03. The van der Waals surface area contributed by atoms with E-state index in [0.29, 0.717) is 10.1 Å². The third-order valence-electron chi connectivity index (χ3n) is 3.88. The lowest BCUT2D eigenvalue weighted by molar-refractivity contribution is -0.228. The van der Waals surface area contributed by atoms with Gasteiger partial charge in [-0.2, -0.15) is 0 Å². The second kappa shape index (κ2) is 5.62. The zero-order valence-electron chi connectivity index (χ0n) is 12.7. The molecule has 2 aliphatic rings. The zero-order valence-corrected chi connectivity index (χ0v) is 12.7. The molecule has 124 valence electrons. The number of hydroxylamine groups is 4. The smallest absolute Gasteiger partial charge is 0.266 e. The number of hydrogen-bond acceptors (Lipinski definition) is 6. The summed E-state index contributed by atoms with van der Waals surface area (Å²) < 4.78 is 0. The molecule has 4 rings (SSSR count). The van der Waals surface area contributed by atoms with E-state index >= 15 is 0 Å². The van der Waals surface area contributed by atoms with Crippen LogP contribution in [-0.4, -0.2) is 40.5 Å². The molecule has 0 saturated heterocycles. The van der Waals surface area contributed by atoms with Crippen molar-refractivity contribution in [3.8, 4) is 0 Å². The van der Waals surface area contributed by atoms with E-state index in [2.05, 4.69) is 0 Å². The Kier molecular flexibility index (Phi) is 3.41. The maximum Gasteiger partial charge on any atom is 0.285 e.